The monoisotopic (exact) mass is 733 g/mol. The lowest BCUT2D eigenvalue weighted by molar-refractivity contribution is 0.669. The van der Waals surface area contributed by atoms with Crippen molar-refractivity contribution in [3.63, 3.8) is 0 Å². The maximum Gasteiger partial charge on any atom is 0.159 e. The summed E-state index contributed by atoms with van der Waals surface area (Å²) in [5.74, 6) is 0. The molecule has 56 heavy (non-hydrogen) atoms. The van der Waals surface area contributed by atoms with Crippen LogP contribution in [0.25, 0.3) is 97.1 Å². The van der Waals surface area contributed by atoms with Crippen LogP contribution >= 0.6 is 11.3 Å². The number of benzene rings is 9. The summed E-state index contributed by atoms with van der Waals surface area (Å²) in [5.41, 5.74) is 11.3. The highest BCUT2D eigenvalue weighted by atomic mass is 32.1. The molecular weight excluding hydrogens is 703 g/mol. The Morgan fingerprint density at radius 3 is 1.82 bits per heavy atom. The number of hydrogen-bond donors (Lipinski definition) is 0. The molecule has 9 aromatic carbocycles. The van der Waals surface area contributed by atoms with Crippen molar-refractivity contribution in [2.45, 2.75) is 0 Å². The van der Waals surface area contributed by atoms with Crippen molar-refractivity contribution >= 4 is 103 Å². The number of anilines is 3. The minimum absolute atomic E-state index is 0.868. The van der Waals surface area contributed by atoms with Crippen molar-refractivity contribution in [3.05, 3.63) is 188 Å². The Kier molecular flexibility index (Phi) is 6.80. The molecule has 0 fully saturated rings. The highest BCUT2D eigenvalue weighted by molar-refractivity contribution is 7.26. The zero-order valence-corrected chi connectivity index (χ0v) is 30.9. The molecule has 0 spiro atoms. The number of furan rings is 2. The lowest BCUT2D eigenvalue weighted by Crippen LogP contribution is -2.10. The van der Waals surface area contributed by atoms with Crippen molar-refractivity contribution in [1.82, 2.24) is 0 Å². The third-order valence-corrected chi connectivity index (χ3v) is 12.4. The second kappa shape index (κ2) is 12.2. The average Bonchev–Trinajstić information content (AvgIpc) is 3.96. The van der Waals surface area contributed by atoms with E-state index in [0.717, 1.165) is 88.4 Å². The van der Waals surface area contributed by atoms with Crippen LogP contribution in [0.1, 0.15) is 0 Å². The zero-order chi connectivity index (χ0) is 36.7. The molecule has 0 aliphatic heterocycles. The van der Waals surface area contributed by atoms with E-state index in [1.54, 1.807) is 0 Å². The van der Waals surface area contributed by atoms with Crippen molar-refractivity contribution in [2.75, 3.05) is 4.90 Å². The van der Waals surface area contributed by atoms with Crippen LogP contribution in [0.4, 0.5) is 17.1 Å². The third kappa shape index (κ3) is 4.63. The minimum Gasteiger partial charge on any atom is -0.455 e. The minimum atomic E-state index is 0.868. The Hall–Kier alpha value is -7.14. The van der Waals surface area contributed by atoms with Crippen LogP contribution in [0.2, 0.25) is 0 Å². The fourth-order valence-electron chi connectivity index (χ4n) is 8.75. The molecule has 0 aliphatic rings. The Bertz CT molecular complexity index is 3480. The molecule has 0 bridgehead atoms. The highest BCUT2D eigenvalue weighted by Crippen LogP contribution is 2.48. The van der Waals surface area contributed by atoms with E-state index in [-0.39, 0.29) is 0 Å². The van der Waals surface area contributed by atoms with E-state index < -0.39 is 0 Å². The normalized spacial score (nSPS) is 11.9. The quantitative estimate of drug-likeness (QED) is 0.176. The van der Waals surface area contributed by atoms with E-state index in [0.29, 0.717) is 0 Å². The van der Waals surface area contributed by atoms with Gasteiger partial charge in [0.05, 0.1) is 11.4 Å². The second-order valence-electron chi connectivity index (χ2n) is 14.4. The Balaban J connectivity index is 1.07. The maximum atomic E-state index is 6.79. The fourth-order valence-corrected chi connectivity index (χ4v) is 9.88. The van der Waals surface area contributed by atoms with Gasteiger partial charge in [0.1, 0.15) is 16.7 Å². The summed E-state index contributed by atoms with van der Waals surface area (Å²) >= 11 is 1.84. The van der Waals surface area contributed by atoms with E-state index in [1.807, 2.05) is 17.4 Å². The van der Waals surface area contributed by atoms with Crippen molar-refractivity contribution in [2.24, 2.45) is 0 Å². The topological polar surface area (TPSA) is 29.5 Å². The summed E-state index contributed by atoms with van der Waals surface area (Å²) in [6.07, 6.45) is 0. The standard InChI is InChI=1S/C52H31NO2S/c1-2-13-32(14-3-1)35-19-10-20-40-43-31-42(36-15-4-5-17-38(36)51(43)55-50(35)40)33-27-29-34(30-28-33)53(44-22-12-26-48-49(44)41-18-7-9-25-47(41)56-48)45-23-11-21-39-37-16-6-8-24-46(37)54-52(39)45/h1-31H. The molecule has 12 aromatic rings. The summed E-state index contributed by atoms with van der Waals surface area (Å²) in [6.45, 7) is 0. The van der Waals surface area contributed by atoms with Crippen molar-refractivity contribution in [1.29, 1.82) is 0 Å². The molecule has 0 atom stereocenters. The summed E-state index contributed by atoms with van der Waals surface area (Å²) in [6, 6.07) is 67.1. The maximum absolute atomic E-state index is 6.79. The van der Waals surface area contributed by atoms with Crippen molar-refractivity contribution in [3.8, 4) is 22.3 Å². The first kappa shape index (κ1) is 31.2. The van der Waals surface area contributed by atoms with Gasteiger partial charge in [-0.15, -0.1) is 11.3 Å². The van der Waals surface area contributed by atoms with E-state index in [9.17, 15) is 0 Å². The van der Waals surface area contributed by atoms with Gasteiger partial charge >= 0.3 is 0 Å². The van der Waals surface area contributed by atoms with E-state index in [4.69, 9.17) is 8.83 Å². The van der Waals surface area contributed by atoms with Gasteiger partial charge in [-0.25, -0.2) is 0 Å². The summed E-state index contributed by atoms with van der Waals surface area (Å²) in [7, 11) is 0. The number of fused-ring (bicyclic) bond motifs is 11. The Labute approximate surface area is 325 Å². The van der Waals surface area contributed by atoms with E-state index in [1.165, 1.54) is 25.7 Å². The summed E-state index contributed by atoms with van der Waals surface area (Å²) in [4.78, 5) is 2.38. The smallest absolute Gasteiger partial charge is 0.159 e. The lowest BCUT2D eigenvalue weighted by atomic mass is 9.94. The van der Waals surface area contributed by atoms with Crippen LogP contribution in [0.5, 0.6) is 0 Å². The summed E-state index contributed by atoms with van der Waals surface area (Å²) < 4.78 is 16.0. The first-order chi connectivity index (χ1) is 27.8. The van der Waals surface area contributed by atoms with Gasteiger partial charge in [0.2, 0.25) is 0 Å². The van der Waals surface area contributed by atoms with Crippen LogP contribution < -0.4 is 4.90 Å². The average molecular weight is 734 g/mol. The van der Waals surface area contributed by atoms with E-state index in [2.05, 4.69) is 187 Å². The van der Waals surface area contributed by atoms with Crippen LogP contribution in [0.3, 0.4) is 0 Å². The van der Waals surface area contributed by atoms with Crippen molar-refractivity contribution < 1.29 is 8.83 Å². The third-order valence-electron chi connectivity index (χ3n) is 11.3. The number of hydrogen-bond acceptors (Lipinski definition) is 4. The van der Waals surface area contributed by atoms with Gasteiger partial charge in [-0.3, -0.25) is 0 Å². The van der Waals surface area contributed by atoms with Crippen LogP contribution in [0.15, 0.2) is 197 Å². The summed E-state index contributed by atoms with van der Waals surface area (Å²) in [5, 5.41) is 9.21. The number of para-hydroxylation sites is 3. The SMILES string of the molecule is c1ccc(-c2cccc3c2oc2c4ccccc4c(-c4ccc(N(c5cccc6c5oc5ccccc56)c5cccc6sc7ccccc7c56)cc4)cc32)cc1. The molecule has 0 radical (unpaired) electrons. The van der Waals surface area contributed by atoms with Gasteiger partial charge in [-0.05, 0) is 70.6 Å². The predicted octanol–water partition coefficient (Wildman–Crippen LogP) is 15.8. The molecule has 0 amide bonds. The highest BCUT2D eigenvalue weighted by Gasteiger charge is 2.23. The molecule has 3 aromatic heterocycles. The molecule has 0 saturated heterocycles. The Morgan fingerprint density at radius 2 is 0.964 bits per heavy atom. The molecule has 262 valence electrons. The van der Waals surface area contributed by atoms with Crippen LogP contribution in [0, 0.1) is 0 Å². The molecule has 12 rings (SSSR count). The lowest BCUT2D eigenvalue weighted by Gasteiger charge is -2.27. The number of nitrogens with zero attached hydrogens (tertiary/aromatic N) is 1. The molecule has 4 heteroatoms. The van der Waals surface area contributed by atoms with E-state index >= 15 is 0 Å². The first-order valence-electron chi connectivity index (χ1n) is 18.9. The zero-order valence-electron chi connectivity index (χ0n) is 30.1. The molecule has 3 heterocycles. The van der Waals surface area contributed by atoms with Gasteiger partial charge in [0, 0.05) is 58.4 Å². The molecule has 3 nitrogen and oxygen atoms in total. The predicted molar refractivity (Wildman–Crippen MR) is 237 cm³/mol. The first-order valence-corrected chi connectivity index (χ1v) is 19.7. The Morgan fingerprint density at radius 1 is 0.357 bits per heavy atom. The van der Waals surface area contributed by atoms with Gasteiger partial charge in [0.15, 0.2) is 5.58 Å². The number of rotatable bonds is 5. The molecule has 0 saturated carbocycles. The van der Waals surface area contributed by atoms with Gasteiger partial charge in [-0.1, -0.05) is 140 Å². The molecule has 0 unspecified atom stereocenters. The molecule has 0 aliphatic carbocycles. The van der Waals surface area contributed by atoms with Crippen LogP contribution in [-0.2, 0) is 0 Å². The van der Waals surface area contributed by atoms with Gasteiger partial charge in [-0.2, -0.15) is 0 Å². The molecular formula is C52H31NO2S. The van der Waals surface area contributed by atoms with Gasteiger partial charge < -0.3 is 13.7 Å². The second-order valence-corrected chi connectivity index (χ2v) is 15.5. The van der Waals surface area contributed by atoms with Gasteiger partial charge in [0.25, 0.3) is 0 Å². The number of thiophene rings is 1. The molecule has 0 N–H and O–H groups in total. The largest absolute Gasteiger partial charge is 0.455 e. The fraction of sp³-hybridized carbons (Fsp3) is 0. The van der Waals surface area contributed by atoms with Crippen LogP contribution in [-0.4, -0.2) is 0 Å².